The molecule has 9 N–H and O–H groups in total. The topological polar surface area (TPSA) is 204 Å². The van der Waals surface area contributed by atoms with Crippen molar-refractivity contribution < 1.29 is 14.4 Å². The van der Waals surface area contributed by atoms with Gasteiger partial charge in [-0.15, -0.1) is 0 Å². The summed E-state index contributed by atoms with van der Waals surface area (Å²) in [5, 5.41) is 8.53. The van der Waals surface area contributed by atoms with E-state index < -0.39 is 17.3 Å². The van der Waals surface area contributed by atoms with Gasteiger partial charge in [0.2, 0.25) is 17.3 Å². The van der Waals surface area contributed by atoms with Gasteiger partial charge in [-0.2, -0.15) is 0 Å². The van der Waals surface area contributed by atoms with Crippen molar-refractivity contribution in [2.45, 2.75) is 0 Å². The Hall–Kier alpha value is -5.52. The smallest absolute Gasteiger partial charge is 0.203 e. The molecular formula is C24H21N9O3. The summed E-state index contributed by atoms with van der Waals surface area (Å²) in [7, 11) is 0. The molecular weight excluding hydrogens is 462 g/mol. The molecule has 0 atom stereocenters. The molecule has 12 nitrogen and oxygen atoms in total. The summed E-state index contributed by atoms with van der Waals surface area (Å²) in [6.07, 6.45) is 7.99. The van der Waals surface area contributed by atoms with E-state index >= 15 is 0 Å². The molecule has 1 aliphatic carbocycles. The molecule has 36 heavy (non-hydrogen) atoms. The highest BCUT2D eigenvalue weighted by Gasteiger charge is 2.38. The van der Waals surface area contributed by atoms with Crippen LogP contribution in [0.4, 0.5) is 34.5 Å². The molecule has 180 valence electrons. The Morgan fingerprint density at radius 1 is 0.500 bits per heavy atom. The molecule has 3 aromatic rings. The molecule has 4 rings (SSSR count). The highest BCUT2D eigenvalue weighted by Crippen LogP contribution is 2.25. The quantitative estimate of drug-likeness (QED) is 0.219. The molecule has 12 heteroatoms. The van der Waals surface area contributed by atoms with Crippen molar-refractivity contribution in [2.75, 3.05) is 33.2 Å². The zero-order chi connectivity index (χ0) is 25.7. The first-order valence-corrected chi connectivity index (χ1v) is 10.5. The van der Waals surface area contributed by atoms with Crippen molar-refractivity contribution >= 4 is 51.9 Å². The number of anilines is 6. The van der Waals surface area contributed by atoms with E-state index in [9.17, 15) is 14.4 Å². The molecule has 1 fully saturated rings. The van der Waals surface area contributed by atoms with Gasteiger partial charge in [0.25, 0.3) is 0 Å². The van der Waals surface area contributed by atoms with Crippen molar-refractivity contribution in [3.8, 4) is 0 Å². The van der Waals surface area contributed by atoms with E-state index in [2.05, 4.69) is 30.9 Å². The number of nitrogen functional groups attached to an aromatic ring is 3. The summed E-state index contributed by atoms with van der Waals surface area (Å²) in [6.45, 7) is 0. The van der Waals surface area contributed by atoms with Crippen molar-refractivity contribution in [1.82, 2.24) is 15.0 Å². The Bertz CT molecular complexity index is 1210. The summed E-state index contributed by atoms with van der Waals surface area (Å²) in [6, 6.07) is 9.55. The fourth-order valence-electron chi connectivity index (χ4n) is 3.08. The number of hydrogen-bond acceptors (Lipinski definition) is 12. The molecule has 3 aromatic heterocycles. The number of nitrogens with one attached hydrogen (secondary N) is 3. The third kappa shape index (κ3) is 5.34. The van der Waals surface area contributed by atoms with Crippen LogP contribution in [0.3, 0.4) is 0 Å². The zero-order valence-corrected chi connectivity index (χ0v) is 18.7. The molecule has 0 radical (unpaired) electrons. The Morgan fingerprint density at radius 2 is 0.778 bits per heavy atom. The molecule has 1 aliphatic rings. The molecule has 3 heterocycles. The predicted molar refractivity (Wildman–Crippen MR) is 136 cm³/mol. The average Bonchev–Trinajstić information content (AvgIpc) is 2.87. The molecule has 1 saturated carbocycles. The van der Waals surface area contributed by atoms with E-state index in [1.165, 1.54) is 37.2 Å². The molecule has 0 unspecified atom stereocenters. The lowest BCUT2D eigenvalue weighted by atomic mass is 9.84. The SMILES string of the molecule is Nc1ccc(NC=C2C(=O)C(=CNc3ccc(N)nc3)C(=O)C(=CNc3ccc(N)nc3)C2=O)cn1. The minimum absolute atomic E-state index is 0.251. The minimum atomic E-state index is -0.761. The second-order valence-electron chi connectivity index (χ2n) is 7.51. The summed E-state index contributed by atoms with van der Waals surface area (Å²) in [5.74, 6) is -1.35. The summed E-state index contributed by atoms with van der Waals surface area (Å²) >= 11 is 0. The predicted octanol–water partition coefficient (Wildman–Crippen LogP) is 1.63. The molecule has 0 spiro atoms. The van der Waals surface area contributed by atoms with E-state index in [0.29, 0.717) is 34.5 Å². The fraction of sp³-hybridized carbons (Fsp3) is 0. The number of allylic oxidation sites excluding steroid dienone is 3. The zero-order valence-electron chi connectivity index (χ0n) is 18.7. The standard InChI is InChI=1S/C24H21N9O3/c25-19-4-1-13(7-31-19)28-10-16-22(34)17(11-29-14-2-5-20(26)32-8-14)24(36)18(23(16)35)12-30-15-3-6-21(27)33-9-15/h1-12,28-30H,(H2,25,31)(H2,26,32)(H2,27,33). The van der Waals surface area contributed by atoms with E-state index in [4.69, 9.17) is 17.2 Å². The van der Waals surface area contributed by atoms with Gasteiger partial charge in [-0.1, -0.05) is 0 Å². The maximum absolute atomic E-state index is 13.2. The van der Waals surface area contributed by atoms with Crippen LogP contribution in [-0.4, -0.2) is 32.3 Å². The van der Waals surface area contributed by atoms with E-state index in [1.807, 2.05) is 0 Å². The molecule has 0 aromatic carbocycles. The lowest BCUT2D eigenvalue weighted by molar-refractivity contribution is -0.124. The largest absolute Gasteiger partial charge is 0.384 e. The second-order valence-corrected chi connectivity index (χ2v) is 7.51. The first-order chi connectivity index (χ1) is 17.3. The minimum Gasteiger partial charge on any atom is -0.384 e. The van der Waals surface area contributed by atoms with E-state index in [-0.39, 0.29) is 16.7 Å². The molecule has 0 amide bonds. The number of ketones is 3. The lowest BCUT2D eigenvalue weighted by Crippen LogP contribution is -2.33. The third-order valence-corrected chi connectivity index (χ3v) is 4.98. The summed E-state index contributed by atoms with van der Waals surface area (Å²) in [4.78, 5) is 51.3. The Morgan fingerprint density at radius 3 is 1.00 bits per heavy atom. The Labute approximate surface area is 205 Å². The number of rotatable bonds is 6. The molecule has 0 aliphatic heterocycles. The fourth-order valence-corrected chi connectivity index (χ4v) is 3.08. The Balaban J connectivity index is 1.68. The van der Waals surface area contributed by atoms with Gasteiger partial charge in [0.05, 0.1) is 52.4 Å². The van der Waals surface area contributed by atoms with Crippen molar-refractivity contribution in [1.29, 1.82) is 0 Å². The van der Waals surface area contributed by atoms with Crippen LogP contribution in [-0.2, 0) is 14.4 Å². The van der Waals surface area contributed by atoms with Crippen LogP contribution in [0.25, 0.3) is 0 Å². The van der Waals surface area contributed by atoms with Crippen LogP contribution >= 0.6 is 0 Å². The van der Waals surface area contributed by atoms with Crippen molar-refractivity contribution in [3.63, 3.8) is 0 Å². The number of hydrogen-bond donors (Lipinski definition) is 6. The third-order valence-electron chi connectivity index (χ3n) is 4.98. The van der Waals surface area contributed by atoms with Crippen LogP contribution in [0.5, 0.6) is 0 Å². The van der Waals surface area contributed by atoms with Gasteiger partial charge < -0.3 is 33.2 Å². The summed E-state index contributed by atoms with van der Waals surface area (Å²) in [5.41, 5.74) is 17.5. The maximum atomic E-state index is 13.2. The monoisotopic (exact) mass is 483 g/mol. The van der Waals surface area contributed by atoms with Gasteiger partial charge in [0.1, 0.15) is 17.5 Å². The number of carbonyl (C=O) groups excluding carboxylic acids is 3. The highest BCUT2D eigenvalue weighted by molar-refractivity contribution is 6.51. The Kier molecular flexibility index (Phi) is 6.68. The number of nitrogens with two attached hydrogens (primary N) is 3. The lowest BCUT2D eigenvalue weighted by Gasteiger charge is -2.18. The number of pyridine rings is 3. The highest BCUT2D eigenvalue weighted by atomic mass is 16.2. The molecule has 0 saturated heterocycles. The van der Waals surface area contributed by atoms with Gasteiger partial charge in [0.15, 0.2) is 0 Å². The maximum Gasteiger partial charge on any atom is 0.203 e. The van der Waals surface area contributed by atoms with Gasteiger partial charge >= 0.3 is 0 Å². The first kappa shape index (κ1) is 23.6. The van der Waals surface area contributed by atoms with Gasteiger partial charge in [-0.25, -0.2) is 15.0 Å². The average molecular weight is 483 g/mol. The van der Waals surface area contributed by atoms with Crippen LogP contribution in [0, 0.1) is 0 Å². The van der Waals surface area contributed by atoms with Crippen LogP contribution in [0.2, 0.25) is 0 Å². The van der Waals surface area contributed by atoms with Crippen molar-refractivity contribution in [3.05, 3.63) is 90.3 Å². The number of carbonyl (C=O) groups is 3. The number of nitrogens with zero attached hydrogens (tertiary/aromatic N) is 3. The normalized spacial score (nSPS) is 13.3. The van der Waals surface area contributed by atoms with Gasteiger partial charge in [0, 0.05) is 18.6 Å². The first-order valence-electron chi connectivity index (χ1n) is 10.5. The van der Waals surface area contributed by atoms with Crippen LogP contribution in [0.15, 0.2) is 90.3 Å². The van der Waals surface area contributed by atoms with Gasteiger partial charge in [-0.05, 0) is 36.4 Å². The van der Waals surface area contributed by atoms with Gasteiger partial charge in [-0.3, -0.25) is 14.4 Å². The van der Waals surface area contributed by atoms with E-state index in [0.717, 1.165) is 0 Å². The van der Waals surface area contributed by atoms with Crippen molar-refractivity contribution in [2.24, 2.45) is 0 Å². The number of aromatic nitrogens is 3. The van der Waals surface area contributed by atoms with Crippen LogP contribution < -0.4 is 33.2 Å². The van der Waals surface area contributed by atoms with Crippen LogP contribution in [0.1, 0.15) is 0 Å². The summed E-state index contributed by atoms with van der Waals surface area (Å²) < 4.78 is 0. The second kappa shape index (κ2) is 10.2. The molecule has 0 bridgehead atoms. The van der Waals surface area contributed by atoms with E-state index in [1.54, 1.807) is 36.4 Å². The number of Topliss-reactive ketones (excluding diaryl/α,β-unsaturated/α-hetero) is 3.